The minimum Gasteiger partial charge on any atom is -0.387 e. The van der Waals surface area contributed by atoms with Crippen molar-refractivity contribution in [1.29, 1.82) is 0 Å². The van der Waals surface area contributed by atoms with Gasteiger partial charge in [-0.15, -0.1) is 0 Å². The molecule has 0 saturated heterocycles. The third kappa shape index (κ3) is 3.97. The Morgan fingerprint density at radius 3 is 2.59 bits per heavy atom. The van der Waals surface area contributed by atoms with E-state index in [1.54, 1.807) is 24.3 Å². The first-order valence-electron chi connectivity index (χ1n) is 6.34. The van der Waals surface area contributed by atoms with Crippen molar-refractivity contribution in [3.8, 4) is 0 Å². The van der Waals surface area contributed by atoms with Crippen molar-refractivity contribution in [1.82, 2.24) is 0 Å². The number of rotatable bonds is 5. The molecule has 1 unspecified atom stereocenters. The smallest absolute Gasteiger partial charge is 0.253 e. The van der Waals surface area contributed by atoms with Gasteiger partial charge in [-0.25, -0.2) is 4.39 Å². The number of benzene rings is 2. The molecule has 0 fully saturated rings. The molecule has 0 spiro atoms. The van der Waals surface area contributed by atoms with Crippen molar-refractivity contribution in [2.24, 2.45) is 5.73 Å². The van der Waals surface area contributed by atoms with Crippen molar-refractivity contribution >= 4 is 39.1 Å². The van der Waals surface area contributed by atoms with Crippen LogP contribution in [-0.2, 0) is 0 Å². The monoisotopic (exact) mass is 386 g/mol. The molecule has 0 aliphatic heterocycles. The SMILES string of the molecule is NC(=O)c1c(F)cc(Br)cc1NCC(O)c1ccc(Cl)cc1. The molecule has 2 aromatic rings. The molecule has 7 heteroatoms. The summed E-state index contributed by atoms with van der Waals surface area (Å²) < 4.78 is 14.3. The van der Waals surface area contributed by atoms with Crippen LogP contribution in [0, 0.1) is 5.82 Å². The molecule has 2 aromatic carbocycles. The number of carbonyl (C=O) groups excluding carboxylic acids is 1. The minimum atomic E-state index is -0.881. The first kappa shape index (κ1) is 16.7. The Morgan fingerprint density at radius 2 is 2.00 bits per heavy atom. The summed E-state index contributed by atoms with van der Waals surface area (Å²) in [4.78, 5) is 11.4. The number of aliphatic hydroxyl groups excluding tert-OH is 1. The zero-order chi connectivity index (χ0) is 16.3. The highest BCUT2D eigenvalue weighted by atomic mass is 79.9. The number of hydrogen-bond donors (Lipinski definition) is 3. The maximum Gasteiger partial charge on any atom is 0.253 e. The Bertz CT molecular complexity index is 695. The second-order valence-corrected chi connectivity index (χ2v) is 5.97. The van der Waals surface area contributed by atoms with Crippen LogP contribution in [0.3, 0.4) is 0 Å². The van der Waals surface area contributed by atoms with Crippen LogP contribution in [-0.4, -0.2) is 17.6 Å². The molecule has 1 atom stereocenters. The molecule has 4 nitrogen and oxygen atoms in total. The van der Waals surface area contributed by atoms with Gasteiger partial charge in [-0.1, -0.05) is 39.7 Å². The topological polar surface area (TPSA) is 75.4 Å². The van der Waals surface area contributed by atoms with Gasteiger partial charge in [0.05, 0.1) is 17.4 Å². The summed E-state index contributed by atoms with van der Waals surface area (Å²) in [6, 6.07) is 9.37. The van der Waals surface area contributed by atoms with Crippen LogP contribution in [0.2, 0.25) is 5.02 Å². The lowest BCUT2D eigenvalue weighted by molar-refractivity contribution is 0.0997. The fourth-order valence-electron chi connectivity index (χ4n) is 1.97. The van der Waals surface area contributed by atoms with E-state index < -0.39 is 17.8 Å². The molecule has 0 aliphatic carbocycles. The number of nitrogens with two attached hydrogens (primary N) is 1. The Kier molecular flexibility index (Phi) is 5.39. The van der Waals surface area contributed by atoms with Crippen LogP contribution < -0.4 is 11.1 Å². The molecule has 22 heavy (non-hydrogen) atoms. The number of aliphatic hydroxyl groups is 1. The lowest BCUT2D eigenvalue weighted by Crippen LogP contribution is -2.19. The van der Waals surface area contributed by atoms with Crippen LogP contribution >= 0.6 is 27.5 Å². The maximum atomic E-state index is 13.8. The second kappa shape index (κ2) is 7.09. The van der Waals surface area contributed by atoms with Crippen molar-refractivity contribution in [3.05, 3.63) is 62.8 Å². The standard InChI is InChI=1S/C15H13BrClFN2O2/c16-9-5-11(18)14(15(19)22)12(6-9)20-7-13(21)8-1-3-10(17)4-2-8/h1-6,13,20-21H,7H2,(H2,19,22). The van der Waals surface area contributed by atoms with Crippen molar-refractivity contribution in [2.45, 2.75) is 6.10 Å². The zero-order valence-electron chi connectivity index (χ0n) is 11.3. The van der Waals surface area contributed by atoms with E-state index in [-0.39, 0.29) is 17.8 Å². The van der Waals surface area contributed by atoms with E-state index >= 15 is 0 Å². The largest absolute Gasteiger partial charge is 0.387 e. The van der Waals surface area contributed by atoms with Gasteiger partial charge in [-0.3, -0.25) is 4.79 Å². The highest BCUT2D eigenvalue weighted by molar-refractivity contribution is 9.10. The van der Waals surface area contributed by atoms with E-state index in [1.165, 1.54) is 6.07 Å². The van der Waals surface area contributed by atoms with E-state index in [1.807, 2.05) is 0 Å². The molecule has 0 saturated carbocycles. The van der Waals surface area contributed by atoms with Crippen molar-refractivity contribution < 1.29 is 14.3 Å². The fourth-order valence-corrected chi connectivity index (χ4v) is 2.53. The van der Waals surface area contributed by atoms with Gasteiger partial charge in [0.1, 0.15) is 5.82 Å². The van der Waals surface area contributed by atoms with Gasteiger partial charge in [-0.2, -0.15) is 0 Å². The molecule has 1 amide bonds. The molecule has 0 aliphatic rings. The van der Waals surface area contributed by atoms with Gasteiger partial charge in [0.15, 0.2) is 0 Å². The summed E-state index contributed by atoms with van der Waals surface area (Å²) in [6.45, 7) is 0.0812. The molecular weight excluding hydrogens is 375 g/mol. The zero-order valence-corrected chi connectivity index (χ0v) is 13.7. The molecule has 0 aromatic heterocycles. The average Bonchev–Trinajstić information content (AvgIpc) is 2.44. The summed E-state index contributed by atoms with van der Waals surface area (Å²) in [5, 5.41) is 13.5. The Balaban J connectivity index is 2.17. The summed E-state index contributed by atoms with van der Waals surface area (Å²) in [5.74, 6) is -1.61. The highest BCUT2D eigenvalue weighted by Gasteiger charge is 2.16. The number of amides is 1. The van der Waals surface area contributed by atoms with Gasteiger partial charge < -0.3 is 16.2 Å². The number of nitrogens with one attached hydrogen (secondary N) is 1. The van der Waals surface area contributed by atoms with Crippen LogP contribution in [0.15, 0.2) is 40.9 Å². The van der Waals surface area contributed by atoms with E-state index in [0.29, 0.717) is 15.1 Å². The van der Waals surface area contributed by atoms with Crippen molar-refractivity contribution in [2.75, 3.05) is 11.9 Å². The maximum absolute atomic E-state index is 13.8. The molecule has 0 radical (unpaired) electrons. The summed E-state index contributed by atoms with van der Waals surface area (Å²) in [7, 11) is 0. The normalized spacial score (nSPS) is 12.0. The van der Waals surface area contributed by atoms with Crippen LogP contribution in [0.4, 0.5) is 10.1 Å². The number of hydrogen-bond acceptors (Lipinski definition) is 3. The molecule has 0 heterocycles. The first-order valence-corrected chi connectivity index (χ1v) is 7.52. The first-order chi connectivity index (χ1) is 10.4. The van der Waals surface area contributed by atoms with Crippen LogP contribution in [0.25, 0.3) is 0 Å². The van der Waals surface area contributed by atoms with Gasteiger partial charge in [0, 0.05) is 16.0 Å². The van der Waals surface area contributed by atoms with E-state index in [2.05, 4.69) is 21.2 Å². The number of halogens is 3. The Hall–Kier alpha value is -1.63. The third-order valence-corrected chi connectivity index (χ3v) is 3.75. The molecular formula is C15H13BrClFN2O2. The number of primary amides is 1. The van der Waals surface area contributed by atoms with Gasteiger partial charge in [0.25, 0.3) is 5.91 Å². The molecule has 116 valence electrons. The van der Waals surface area contributed by atoms with Crippen molar-refractivity contribution in [3.63, 3.8) is 0 Å². The Morgan fingerprint density at radius 1 is 1.36 bits per heavy atom. The summed E-state index contributed by atoms with van der Waals surface area (Å²) in [5.41, 5.74) is 5.81. The minimum absolute atomic E-state index is 0.0812. The summed E-state index contributed by atoms with van der Waals surface area (Å²) in [6.07, 6.45) is -0.847. The summed E-state index contributed by atoms with van der Waals surface area (Å²) >= 11 is 8.93. The lowest BCUT2D eigenvalue weighted by atomic mass is 10.1. The highest BCUT2D eigenvalue weighted by Crippen LogP contribution is 2.25. The quantitative estimate of drug-likeness (QED) is 0.735. The Labute approximate surface area is 140 Å². The van der Waals surface area contributed by atoms with Gasteiger partial charge in [-0.05, 0) is 29.8 Å². The van der Waals surface area contributed by atoms with Gasteiger partial charge in [0.2, 0.25) is 0 Å². The van der Waals surface area contributed by atoms with Crippen LogP contribution in [0.1, 0.15) is 22.0 Å². The lowest BCUT2D eigenvalue weighted by Gasteiger charge is -2.16. The molecule has 0 bridgehead atoms. The predicted octanol–water partition coefficient (Wildman–Crippen LogP) is 3.49. The van der Waals surface area contributed by atoms with Gasteiger partial charge >= 0.3 is 0 Å². The third-order valence-electron chi connectivity index (χ3n) is 3.04. The van der Waals surface area contributed by atoms with E-state index in [9.17, 15) is 14.3 Å². The predicted molar refractivity (Wildman–Crippen MR) is 87.5 cm³/mol. The second-order valence-electron chi connectivity index (χ2n) is 4.62. The molecule has 4 N–H and O–H groups in total. The van der Waals surface area contributed by atoms with Crippen LogP contribution in [0.5, 0.6) is 0 Å². The fraction of sp³-hybridized carbons (Fsp3) is 0.133. The number of anilines is 1. The van der Waals surface area contributed by atoms with E-state index in [0.717, 1.165) is 6.07 Å². The number of carbonyl (C=O) groups is 1. The average molecular weight is 388 g/mol. The van der Waals surface area contributed by atoms with E-state index in [4.69, 9.17) is 17.3 Å². The molecule has 2 rings (SSSR count).